The number of ether oxygens (including phenoxy) is 1. The van der Waals surface area contributed by atoms with Crippen molar-refractivity contribution in [2.24, 2.45) is 5.92 Å². The maximum absolute atomic E-state index is 11.6. The molecule has 0 saturated carbocycles. The molecule has 0 spiro atoms. The van der Waals surface area contributed by atoms with Crippen LogP contribution in [0.25, 0.3) is 0 Å². The summed E-state index contributed by atoms with van der Waals surface area (Å²) in [4.78, 5) is 12.7. The van der Waals surface area contributed by atoms with Gasteiger partial charge in [0.2, 0.25) is 0 Å². The second kappa shape index (κ2) is 6.99. The van der Waals surface area contributed by atoms with E-state index >= 15 is 0 Å². The summed E-state index contributed by atoms with van der Waals surface area (Å²) >= 11 is 7.43. The average Bonchev–Trinajstić information content (AvgIpc) is 2.74. The van der Waals surface area contributed by atoms with Crippen LogP contribution in [0, 0.1) is 5.92 Å². The summed E-state index contributed by atoms with van der Waals surface area (Å²) in [5.41, 5.74) is 0. The Balaban J connectivity index is 2.57. The van der Waals surface area contributed by atoms with Crippen molar-refractivity contribution < 1.29 is 9.53 Å². The molecule has 0 radical (unpaired) electrons. The zero-order valence-electron chi connectivity index (χ0n) is 10.3. The van der Waals surface area contributed by atoms with Gasteiger partial charge in [-0.25, -0.2) is 0 Å². The lowest BCUT2D eigenvalue weighted by molar-refractivity contribution is -0.144. The molecule has 1 N–H and O–H groups in total. The second-order valence-electron chi connectivity index (χ2n) is 4.00. The van der Waals surface area contributed by atoms with Crippen molar-refractivity contribution in [1.82, 2.24) is 5.32 Å². The van der Waals surface area contributed by atoms with Gasteiger partial charge in [0.25, 0.3) is 0 Å². The number of halogens is 1. The molecule has 0 amide bonds. The number of rotatable bonds is 6. The molecular formula is C12H18ClNO2S. The van der Waals surface area contributed by atoms with E-state index in [1.165, 1.54) is 7.11 Å². The standard InChI is InChI=1S/C12H18ClNO2S/c1-4-8(2)11(12(15)16-3)14-6-10-5-9(13)7-17-10/h5,7-8,11,14H,4,6H2,1-3H3. The lowest BCUT2D eigenvalue weighted by atomic mass is 9.99. The topological polar surface area (TPSA) is 38.3 Å². The SMILES string of the molecule is CCC(C)C(NCc1cc(Cl)cs1)C(=O)OC. The van der Waals surface area contributed by atoms with Crippen molar-refractivity contribution in [3.63, 3.8) is 0 Å². The molecule has 17 heavy (non-hydrogen) atoms. The molecule has 5 heteroatoms. The summed E-state index contributed by atoms with van der Waals surface area (Å²) in [7, 11) is 1.42. The number of thiophene rings is 1. The van der Waals surface area contributed by atoms with E-state index in [1.807, 2.05) is 18.4 Å². The first kappa shape index (κ1) is 14.5. The Morgan fingerprint density at radius 1 is 1.65 bits per heavy atom. The highest BCUT2D eigenvalue weighted by molar-refractivity contribution is 7.10. The van der Waals surface area contributed by atoms with Gasteiger partial charge < -0.3 is 4.74 Å². The first-order chi connectivity index (χ1) is 8.08. The monoisotopic (exact) mass is 275 g/mol. The van der Waals surface area contributed by atoms with E-state index in [0.717, 1.165) is 16.3 Å². The van der Waals surface area contributed by atoms with Crippen LogP contribution in [0.1, 0.15) is 25.1 Å². The molecule has 0 bridgehead atoms. The largest absolute Gasteiger partial charge is 0.468 e. The number of esters is 1. The van der Waals surface area contributed by atoms with E-state index in [4.69, 9.17) is 16.3 Å². The van der Waals surface area contributed by atoms with Crippen molar-refractivity contribution in [3.8, 4) is 0 Å². The minimum absolute atomic E-state index is 0.206. The van der Waals surface area contributed by atoms with Gasteiger partial charge >= 0.3 is 5.97 Å². The quantitative estimate of drug-likeness (QED) is 0.811. The fourth-order valence-electron chi connectivity index (χ4n) is 1.54. The van der Waals surface area contributed by atoms with Crippen LogP contribution in [0.4, 0.5) is 0 Å². The maximum atomic E-state index is 11.6. The molecule has 0 saturated heterocycles. The second-order valence-corrected chi connectivity index (χ2v) is 5.43. The number of nitrogens with one attached hydrogen (secondary N) is 1. The van der Waals surface area contributed by atoms with Gasteiger partial charge in [-0.1, -0.05) is 31.9 Å². The molecule has 96 valence electrons. The Morgan fingerprint density at radius 2 is 2.35 bits per heavy atom. The van der Waals surface area contributed by atoms with E-state index in [-0.39, 0.29) is 17.9 Å². The fraction of sp³-hybridized carbons (Fsp3) is 0.583. The molecule has 1 aromatic rings. The Bertz CT molecular complexity index is 367. The summed E-state index contributed by atoms with van der Waals surface area (Å²) in [6.45, 7) is 4.74. The van der Waals surface area contributed by atoms with E-state index in [2.05, 4.69) is 12.2 Å². The lowest BCUT2D eigenvalue weighted by Gasteiger charge is -2.21. The van der Waals surface area contributed by atoms with E-state index < -0.39 is 0 Å². The summed E-state index contributed by atoms with van der Waals surface area (Å²) < 4.78 is 4.80. The number of carbonyl (C=O) groups excluding carboxylic acids is 1. The zero-order chi connectivity index (χ0) is 12.8. The normalized spacial score (nSPS) is 14.4. The van der Waals surface area contributed by atoms with Gasteiger partial charge in [0.1, 0.15) is 6.04 Å². The van der Waals surface area contributed by atoms with Gasteiger partial charge in [0.05, 0.1) is 12.1 Å². The van der Waals surface area contributed by atoms with E-state index in [1.54, 1.807) is 11.3 Å². The highest BCUT2D eigenvalue weighted by Crippen LogP contribution is 2.19. The predicted octanol–water partition coefficient (Wildman–Crippen LogP) is 3.08. The summed E-state index contributed by atoms with van der Waals surface area (Å²) in [5.74, 6) is 0.0416. The smallest absolute Gasteiger partial charge is 0.323 e. The molecule has 0 aliphatic rings. The molecule has 1 rings (SSSR count). The Labute approximate surface area is 111 Å². The van der Waals surface area contributed by atoms with Crippen molar-refractivity contribution in [1.29, 1.82) is 0 Å². The number of methoxy groups -OCH3 is 1. The van der Waals surface area contributed by atoms with Crippen LogP contribution in [0.2, 0.25) is 5.02 Å². The summed E-state index contributed by atoms with van der Waals surface area (Å²) in [5, 5.41) is 5.85. The molecule has 0 aromatic carbocycles. The minimum Gasteiger partial charge on any atom is -0.468 e. The molecule has 3 nitrogen and oxygen atoms in total. The lowest BCUT2D eigenvalue weighted by Crippen LogP contribution is -2.42. The third kappa shape index (κ3) is 4.30. The molecule has 1 aromatic heterocycles. The van der Waals surface area contributed by atoms with Gasteiger partial charge in [-0.15, -0.1) is 11.3 Å². The van der Waals surface area contributed by atoms with Gasteiger partial charge in [0, 0.05) is 16.8 Å². The van der Waals surface area contributed by atoms with Crippen LogP contribution in [0.3, 0.4) is 0 Å². The van der Waals surface area contributed by atoms with Gasteiger partial charge in [-0.3, -0.25) is 10.1 Å². The van der Waals surface area contributed by atoms with Gasteiger partial charge in [0.15, 0.2) is 0 Å². The molecule has 2 unspecified atom stereocenters. The third-order valence-corrected chi connectivity index (χ3v) is 4.07. The van der Waals surface area contributed by atoms with Crippen LogP contribution < -0.4 is 5.32 Å². The molecule has 0 aliphatic heterocycles. The van der Waals surface area contributed by atoms with Crippen LogP contribution in [0.5, 0.6) is 0 Å². The third-order valence-electron chi connectivity index (χ3n) is 2.79. The zero-order valence-corrected chi connectivity index (χ0v) is 11.9. The van der Waals surface area contributed by atoms with E-state index in [0.29, 0.717) is 6.54 Å². The summed E-state index contributed by atoms with van der Waals surface area (Å²) in [6, 6.07) is 1.65. The first-order valence-corrected chi connectivity index (χ1v) is 6.88. The van der Waals surface area contributed by atoms with Crippen molar-refractivity contribution >= 4 is 28.9 Å². The van der Waals surface area contributed by atoms with Crippen LogP contribution in [-0.4, -0.2) is 19.1 Å². The molecule has 2 atom stereocenters. The van der Waals surface area contributed by atoms with Crippen molar-refractivity contribution in [2.75, 3.05) is 7.11 Å². The Morgan fingerprint density at radius 3 is 2.82 bits per heavy atom. The molecular weight excluding hydrogens is 258 g/mol. The fourth-order valence-corrected chi connectivity index (χ4v) is 2.56. The minimum atomic E-state index is -0.258. The van der Waals surface area contributed by atoms with E-state index in [9.17, 15) is 4.79 Å². The predicted molar refractivity (Wildman–Crippen MR) is 71.4 cm³/mol. The Hall–Kier alpha value is -0.580. The molecule has 0 aliphatic carbocycles. The van der Waals surface area contributed by atoms with Crippen LogP contribution >= 0.6 is 22.9 Å². The van der Waals surface area contributed by atoms with Crippen LogP contribution in [0.15, 0.2) is 11.4 Å². The first-order valence-electron chi connectivity index (χ1n) is 5.62. The number of hydrogen-bond donors (Lipinski definition) is 1. The van der Waals surface area contributed by atoms with Gasteiger partial charge in [-0.2, -0.15) is 0 Å². The average molecular weight is 276 g/mol. The number of carbonyl (C=O) groups is 1. The Kier molecular flexibility index (Phi) is 5.95. The van der Waals surface area contributed by atoms with Gasteiger partial charge in [-0.05, 0) is 12.0 Å². The van der Waals surface area contributed by atoms with Crippen molar-refractivity contribution in [2.45, 2.75) is 32.9 Å². The molecule has 1 heterocycles. The number of hydrogen-bond acceptors (Lipinski definition) is 4. The highest BCUT2D eigenvalue weighted by Gasteiger charge is 2.24. The van der Waals surface area contributed by atoms with Crippen LogP contribution in [-0.2, 0) is 16.1 Å². The molecule has 0 fully saturated rings. The van der Waals surface area contributed by atoms with Crippen molar-refractivity contribution in [3.05, 3.63) is 21.3 Å². The summed E-state index contributed by atoms with van der Waals surface area (Å²) in [6.07, 6.45) is 0.929. The highest BCUT2D eigenvalue weighted by atomic mass is 35.5. The maximum Gasteiger partial charge on any atom is 0.323 e.